The summed E-state index contributed by atoms with van der Waals surface area (Å²) in [6.07, 6.45) is 2.54. The first-order chi connectivity index (χ1) is 12.4. The van der Waals surface area contributed by atoms with E-state index in [9.17, 15) is 19.2 Å². The molecule has 0 unspecified atom stereocenters. The zero-order valence-electron chi connectivity index (χ0n) is 14.5. The minimum absolute atomic E-state index is 0.124. The first kappa shape index (κ1) is 17.9. The number of hydrogen-bond donors (Lipinski definition) is 2. The molecular weight excluding hydrogens is 338 g/mol. The van der Waals surface area contributed by atoms with Crippen LogP contribution in [0.1, 0.15) is 31.7 Å². The minimum atomic E-state index is -1.11. The van der Waals surface area contributed by atoms with Crippen LogP contribution in [0, 0.1) is 5.92 Å². The summed E-state index contributed by atoms with van der Waals surface area (Å²) >= 11 is 0. The number of rotatable bonds is 7. The highest BCUT2D eigenvalue weighted by molar-refractivity contribution is 6.07. The molecule has 1 aliphatic carbocycles. The van der Waals surface area contributed by atoms with Gasteiger partial charge in [-0.1, -0.05) is 30.3 Å². The van der Waals surface area contributed by atoms with E-state index in [2.05, 4.69) is 10.7 Å². The molecule has 4 amide bonds. The monoisotopic (exact) mass is 359 g/mol. The van der Waals surface area contributed by atoms with Crippen molar-refractivity contribution in [2.24, 2.45) is 5.92 Å². The number of aryl methyl sites for hydroxylation is 1. The van der Waals surface area contributed by atoms with Gasteiger partial charge in [-0.2, -0.15) is 5.01 Å². The van der Waals surface area contributed by atoms with Crippen molar-refractivity contribution in [2.45, 2.75) is 38.1 Å². The molecule has 2 fully saturated rings. The summed E-state index contributed by atoms with van der Waals surface area (Å²) in [7, 11) is 0. The molecule has 3 rings (SSSR count). The lowest BCUT2D eigenvalue weighted by Crippen LogP contribution is -2.50. The normalized spacial score (nSPS) is 22.1. The molecule has 2 aliphatic rings. The van der Waals surface area contributed by atoms with Gasteiger partial charge in [0, 0.05) is 0 Å². The summed E-state index contributed by atoms with van der Waals surface area (Å²) in [5.41, 5.74) is 2.14. The van der Waals surface area contributed by atoms with Crippen molar-refractivity contribution in [3.63, 3.8) is 0 Å². The van der Waals surface area contributed by atoms with Crippen LogP contribution < -0.4 is 10.7 Å². The number of nitrogens with one attached hydrogen (secondary N) is 2. The molecule has 0 radical (unpaired) electrons. The van der Waals surface area contributed by atoms with E-state index < -0.39 is 36.0 Å². The van der Waals surface area contributed by atoms with Gasteiger partial charge in [-0.05, 0) is 38.2 Å². The van der Waals surface area contributed by atoms with E-state index in [1.165, 1.54) is 0 Å². The lowest BCUT2D eigenvalue weighted by atomic mass is 9.93. The van der Waals surface area contributed by atoms with E-state index in [4.69, 9.17) is 4.74 Å². The molecule has 1 aromatic rings. The maximum absolute atomic E-state index is 12.6. The lowest BCUT2D eigenvalue weighted by molar-refractivity contribution is -0.151. The van der Waals surface area contributed by atoms with Gasteiger partial charge in [0.1, 0.15) is 5.54 Å². The second-order valence-electron chi connectivity index (χ2n) is 6.81. The van der Waals surface area contributed by atoms with Crippen LogP contribution in [0.25, 0.3) is 0 Å². The Morgan fingerprint density at radius 2 is 1.96 bits per heavy atom. The predicted octanol–water partition coefficient (Wildman–Crippen LogP) is 0.914. The van der Waals surface area contributed by atoms with Crippen LogP contribution in [-0.4, -0.2) is 41.0 Å². The summed E-state index contributed by atoms with van der Waals surface area (Å²) in [5.74, 6) is -1.82. The summed E-state index contributed by atoms with van der Waals surface area (Å²) in [4.78, 5) is 47.9. The summed E-state index contributed by atoms with van der Waals surface area (Å²) in [5, 5.41) is 3.26. The third kappa shape index (κ3) is 4.01. The Bertz CT molecular complexity index is 732. The second-order valence-corrected chi connectivity index (χ2v) is 6.81. The zero-order valence-corrected chi connectivity index (χ0v) is 14.5. The Hall–Kier alpha value is -2.90. The average Bonchev–Trinajstić information content (AvgIpc) is 3.45. The molecule has 1 atom stereocenters. The molecule has 138 valence electrons. The van der Waals surface area contributed by atoms with Crippen LogP contribution in [0.5, 0.6) is 0 Å². The number of imide groups is 1. The van der Waals surface area contributed by atoms with E-state index in [1.807, 2.05) is 30.3 Å². The molecule has 1 saturated carbocycles. The number of esters is 1. The SMILES string of the molecule is C[C@@]1(CCc2ccccc2)NC(=O)N(NC(=O)COC(=O)C2CC2)C1=O. The van der Waals surface area contributed by atoms with Crippen molar-refractivity contribution in [3.05, 3.63) is 35.9 Å². The molecule has 26 heavy (non-hydrogen) atoms. The van der Waals surface area contributed by atoms with Gasteiger partial charge >= 0.3 is 12.0 Å². The van der Waals surface area contributed by atoms with Crippen LogP contribution in [0.2, 0.25) is 0 Å². The molecule has 0 bridgehead atoms. The van der Waals surface area contributed by atoms with Crippen molar-refractivity contribution in [1.82, 2.24) is 15.8 Å². The molecule has 8 nitrogen and oxygen atoms in total. The number of amides is 4. The van der Waals surface area contributed by atoms with Crippen LogP contribution in [0.3, 0.4) is 0 Å². The van der Waals surface area contributed by atoms with Crippen LogP contribution in [0.15, 0.2) is 30.3 Å². The highest BCUT2D eigenvalue weighted by Crippen LogP contribution is 2.30. The smallest absolute Gasteiger partial charge is 0.344 e. The number of hydrogen-bond acceptors (Lipinski definition) is 5. The zero-order chi connectivity index (χ0) is 18.7. The number of hydrazine groups is 1. The van der Waals surface area contributed by atoms with Gasteiger partial charge in [-0.25, -0.2) is 4.79 Å². The largest absolute Gasteiger partial charge is 0.455 e. The van der Waals surface area contributed by atoms with Gasteiger partial charge in [-0.3, -0.25) is 19.8 Å². The van der Waals surface area contributed by atoms with Gasteiger partial charge in [-0.15, -0.1) is 0 Å². The van der Waals surface area contributed by atoms with E-state index in [0.29, 0.717) is 17.9 Å². The number of carbonyl (C=O) groups excluding carboxylic acids is 4. The number of urea groups is 1. The van der Waals surface area contributed by atoms with Crippen LogP contribution in [0.4, 0.5) is 4.79 Å². The quantitative estimate of drug-likeness (QED) is 0.556. The fourth-order valence-electron chi connectivity index (χ4n) is 2.72. The molecule has 1 saturated heterocycles. The Kier molecular flexibility index (Phi) is 4.92. The highest BCUT2D eigenvalue weighted by atomic mass is 16.5. The van der Waals surface area contributed by atoms with Crippen molar-refractivity contribution < 1.29 is 23.9 Å². The lowest BCUT2D eigenvalue weighted by Gasteiger charge is -2.21. The number of benzene rings is 1. The summed E-state index contributed by atoms with van der Waals surface area (Å²) < 4.78 is 4.85. The molecule has 1 heterocycles. The molecule has 1 aromatic carbocycles. The van der Waals surface area contributed by atoms with Gasteiger partial charge in [0.25, 0.3) is 11.8 Å². The molecule has 1 aliphatic heterocycles. The van der Waals surface area contributed by atoms with Gasteiger partial charge in [0.2, 0.25) is 0 Å². The van der Waals surface area contributed by atoms with Gasteiger partial charge < -0.3 is 10.1 Å². The fourth-order valence-corrected chi connectivity index (χ4v) is 2.72. The maximum atomic E-state index is 12.6. The predicted molar refractivity (Wildman–Crippen MR) is 90.4 cm³/mol. The average molecular weight is 359 g/mol. The van der Waals surface area contributed by atoms with Crippen molar-refractivity contribution in [1.29, 1.82) is 0 Å². The first-order valence-corrected chi connectivity index (χ1v) is 8.56. The van der Waals surface area contributed by atoms with E-state index in [-0.39, 0.29) is 5.92 Å². The standard InChI is InChI=1S/C18H21N3O5/c1-18(10-9-12-5-3-2-4-6-12)16(24)21(17(25)19-18)20-14(22)11-26-15(23)13-7-8-13/h2-6,13H,7-11H2,1H3,(H,19,25)(H,20,22)/t18-/m0/s1. The van der Waals surface area contributed by atoms with Crippen molar-refractivity contribution in [3.8, 4) is 0 Å². The minimum Gasteiger partial charge on any atom is -0.455 e. The molecule has 2 N–H and O–H groups in total. The second kappa shape index (κ2) is 7.15. The fraction of sp³-hybridized carbons (Fsp3) is 0.444. The number of carbonyl (C=O) groups is 4. The van der Waals surface area contributed by atoms with E-state index >= 15 is 0 Å². The Morgan fingerprint density at radius 3 is 2.62 bits per heavy atom. The molecule has 0 aromatic heterocycles. The molecule has 8 heteroatoms. The van der Waals surface area contributed by atoms with Crippen molar-refractivity contribution in [2.75, 3.05) is 6.61 Å². The van der Waals surface area contributed by atoms with Gasteiger partial charge in [0.15, 0.2) is 6.61 Å². The van der Waals surface area contributed by atoms with Crippen LogP contribution >= 0.6 is 0 Å². The van der Waals surface area contributed by atoms with Crippen LogP contribution in [-0.2, 0) is 25.5 Å². The maximum Gasteiger partial charge on any atom is 0.344 e. The summed E-state index contributed by atoms with van der Waals surface area (Å²) in [6, 6.07) is 8.90. The molecular formula is C18H21N3O5. The third-order valence-corrected chi connectivity index (χ3v) is 4.51. The van der Waals surface area contributed by atoms with E-state index in [1.54, 1.807) is 6.92 Å². The highest BCUT2D eigenvalue weighted by Gasteiger charge is 2.48. The third-order valence-electron chi connectivity index (χ3n) is 4.51. The first-order valence-electron chi connectivity index (χ1n) is 8.56. The Balaban J connectivity index is 1.53. The number of nitrogens with zero attached hydrogens (tertiary/aromatic N) is 1. The summed E-state index contributed by atoms with van der Waals surface area (Å²) in [6.45, 7) is 1.10. The molecule has 0 spiro atoms. The van der Waals surface area contributed by atoms with E-state index in [0.717, 1.165) is 18.4 Å². The Labute approximate surface area is 150 Å². The topological polar surface area (TPSA) is 105 Å². The van der Waals surface area contributed by atoms with Crippen molar-refractivity contribution >= 4 is 23.8 Å². The Morgan fingerprint density at radius 1 is 1.27 bits per heavy atom. The van der Waals surface area contributed by atoms with Gasteiger partial charge in [0.05, 0.1) is 5.92 Å². The number of ether oxygens (including phenoxy) is 1.